The summed E-state index contributed by atoms with van der Waals surface area (Å²) in [5, 5.41) is 3.69. The van der Waals surface area contributed by atoms with Crippen LogP contribution >= 0.6 is 0 Å². The van der Waals surface area contributed by atoms with Gasteiger partial charge in [0.05, 0.1) is 6.61 Å². The van der Waals surface area contributed by atoms with Crippen LogP contribution in [0.25, 0.3) is 0 Å². The van der Waals surface area contributed by atoms with Crippen LogP contribution in [0.4, 0.5) is 0 Å². The summed E-state index contributed by atoms with van der Waals surface area (Å²) in [6, 6.07) is 18.9. The van der Waals surface area contributed by atoms with Gasteiger partial charge in [-0.1, -0.05) is 48.9 Å². The van der Waals surface area contributed by atoms with E-state index in [2.05, 4.69) is 35.6 Å². The average molecular weight is 325 g/mol. The minimum absolute atomic E-state index is 0.198. The van der Waals surface area contributed by atoms with Crippen LogP contribution in [0, 0.1) is 0 Å². The lowest BCUT2D eigenvalue weighted by Crippen LogP contribution is -2.44. The lowest BCUT2D eigenvalue weighted by Gasteiger charge is -2.33. The van der Waals surface area contributed by atoms with Crippen molar-refractivity contribution in [2.75, 3.05) is 6.61 Å². The summed E-state index contributed by atoms with van der Waals surface area (Å²) >= 11 is 0. The van der Waals surface area contributed by atoms with E-state index in [4.69, 9.17) is 9.47 Å². The molecule has 0 aliphatic heterocycles. The fourth-order valence-corrected chi connectivity index (χ4v) is 3.30. The number of nitrogens with one attached hydrogen (secondary N) is 1. The molecule has 2 aromatic carbocycles. The van der Waals surface area contributed by atoms with E-state index in [9.17, 15) is 0 Å². The average Bonchev–Trinajstić information content (AvgIpc) is 2.64. The maximum atomic E-state index is 6.35. The fourth-order valence-electron chi connectivity index (χ4n) is 3.30. The number of para-hydroxylation sites is 2. The Kier molecular flexibility index (Phi) is 6.13. The molecule has 3 nitrogen and oxygen atoms in total. The summed E-state index contributed by atoms with van der Waals surface area (Å²) in [6.45, 7) is 3.54. The third-order valence-electron chi connectivity index (χ3n) is 4.54. The lowest BCUT2D eigenvalue weighted by atomic mass is 9.92. The van der Waals surface area contributed by atoms with Crippen LogP contribution in [0.15, 0.2) is 54.6 Å². The van der Waals surface area contributed by atoms with Crippen molar-refractivity contribution in [1.82, 2.24) is 5.32 Å². The first kappa shape index (κ1) is 16.8. The van der Waals surface area contributed by atoms with Crippen molar-refractivity contribution < 1.29 is 9.47 Å². The summed E-state index contributed by atoms with van der Waals surface area (Å²) in [4.78, 5) is 0. The first-order chi connectivity index (χ1) is 11.9. The standard InChI is InChI=1S/C21H27NO2/c1-2-23-20-14-8-9-15-21(20)24-19-13-7-6-12-18(19)22-16-17-10-4-3-5-11-17/h3-5,8-11,14-15,18-19,22H,2,6-7,12-13,16H2,1H3/t18-,19+/m1/s1. The molecule has 1 aliphatic rings. The van der Waals surface area contributed by atoms with Crippen molar-refractivity contribution in [3.8, 4) is 11.5 Å². The maximum Gasteiger partial charge on any atom is 0.161 e. The zero-order chi connectivity index (χ0) is 16.6. The Bertz CT molecular complexity index is 614. The molecule has 128 valence electrons. The second kappa shape index (κ2) is 8.74. The van der Waals surface area contributed by atoms with E-state index in [1.54, 1.807) is 0 Å². The van der Waals surface area contributed by atoms with Gasteiger partial charge in [0, 0.05) is 12.6 Å². The Morgan fingerprint density at radius 1 is 0.917 bits per heavy atom. The van der Waals surface area contributed by atoms with Crippen LogP contribution < -0.4 is 14.8 Å². The molecule has 0 spiro atoms. The van der Waals surface area contributed by atoms with E-state index in [0.717, 1.165) is 30.9 Å². The predicted molar refractivity (Wildman–Crippen MR) is 97.6 cm³/mol. The highest BCUT2D eigenvalue weighted by Crippen LogP contribution is 2.31. The van der Waals surface area contributed by atoms with Gasteiger partial charge in [0.25, 0.3) is 0 Å². The topological polar surface area (TPSA) is 30.5 Å². The quantitative estimate of drug-likeness (QED) is 0.809. The molecule has 1 N–H and O–H groups in total. The molecule has 0 aromatic heterocycles. The van der Waals surface area contributed by atoms with Crippen molar-refractivity contribution in [1.29, 1.82) is 0 Å². The van der Waals surface area contributed by atoms with Gasteiger partial charge in [0.2, 0.25) is 0 Å². The van der Waals surface area contributed by atoms with Gasteiger partial charge in [-0.3, -0.25) is 0 Å². The molecule has 0 bridgehead atoms. The molecule has 0 radical (unpaired) electrons. The molecular formula is C21H27NO2. The van der Waals surface area contributed by atoms with E-state index in [0.29, 0.717) is 12.6 Å². The van der Waals surface area contributed by atoms with E-state index in [-0.39, 0.29) is 6.10 Å². The highest BCUT2D eigenvalue weighted by Gasteiger charge is 2.27. The summed E-state index contributed by atoms with van der Waals surface area (Å²) in [7, 11) is 0. The molecule has 0 unspecified atom stereocenters. The molecule has 2 atom stereocenters. The van der Waals surface area contributed by atoms with Gasteiger partial charge >= 0.3 is 0 Å². The summed E-state index contributed by atoms with van der Waals surface area (Å²) in [6.07, 6.45) is 4.94. The Labute approximate surface area is 145 Å². The Hall–Kier alpha value is -2.00. The highest BCUT2D eigenvalue weighted by molar-refractivity contribution is 5.39. The highest BCUT2D eigenvalue weighted by atomic mass is 16.5. The molecule has 1 fully saturated rings. The minimum atomic E-state index is 0.198. The molecule has 0 amide bonds. The summed E-state index contributed by atoms with van der Waals surface area (Å²) < 4.78 is 12.1. The largest absolute Gasteiger partial charge is 0.490 e. The minimum Gasteiger partial charge on any atom is -0.490 e. The van der Waals surface area contributed by atoms with Crippen LogP contribution in [0.3, 0.4) is 0 Å². The third kappa shape index (κ3) is 4.51. The van der Waals surface area contributed by atoms with E-state index < -0.39 is 0 Å². The van der Waals surface area contributed by atoms with Gasteiger partial charge < -0.3 is 14.8 Å². The number of rotatable bonds is 7. The molecule has 1 aliphatic carbocycles. The lowest BCUT2D eigenvalue weighted by molar-refractivity contribution is 0.108. The molecule has 2 aromatic rings. The molecule has 1 saturated carbocycles. The second-order valence-electron chi connectivity index (χ2n) is 6.29. The van der Waals surface area contributed by atoms with Gasteiger partial charge in [-0.2, -0.15) is 0 Å². The Balaban J connectivity index is 1.64. The zero-order valence-corrected chi connectivity index (χ0v) is 14.4. The number of hydrogen-bond donors (Lipinski definition) is 1. The van der Waals surface area contributed by atoms with Crippen LogP contribution in [0.2, 0.25) is 0 Å². The summed E-state index contributed by atoms with van der Waals surface area (Å²) in [5.41, 5.74) is 1.32. The van der Waals surface area contributed by atoms with Crippen molar-refractivity contribution >= 4 is 0 Å². The monoisotopic (exact) mass is 325 g/mol. The van der Waals surface area contributed by atoms with Crippen LogP contribution in [0.5, 0.6) is 11.5 Å². The van der Waals surface area contributed by atoms with Crippen LogP contribution in [0.1, 0.15) is 38.2 Å². The molecule has 0 heterocycles. The van der Waals surface area contributed by atoms with Crippen molar-refractivity contribution in [2.24, 2.45) is 0 Å². The zero-order valence-electron chi connectivity index (χ0n) is 14.4. The Morgan fingerprint density at radius 2 is 1.62 bits per heavy atom. The fraction of sp³-hybridized carbons (Fsp3) is 0.429. The molecular weight excluding hydrogens is 298 g/mol. The normalized spacial score (nSPS) is 20.5. The number of benzene rings is 2. The van der Waals surface area contributed by atoms with Gasteiger partial charge in [0.1, 0.15) is 6.10 Å². The van der Waals surface area contributed by atoms with Gasteiger partial charge in [-0.15, -0.1) is 0 Å². The van der Waals surface area contributed by atoms with Crippen molar-refractivity contribution in [3.63, 3.8) is 0 Å². The van der Waals surface area contributed by atoms with Gasteiger partial charge in [-0.05, 0) is 43.9 Å². The van der Waals surface area contributed by atoms with Crippen LogP contribution in [-0.4, -0.2) is 18.8 Å². The van der Waals surface area contributed by atoms with E-state index in [1.807, 2.05) is 31.2 Å². The maximum absolute atomic E-state index is 6.35. The number of hydrogen-bond acceptors (Lipinski definition) is 3. The third-order valence-corrected chi connectivity index (χ3v) is 4.54. The van der Waals surface area contributed by atoms with E-state index >= 15 is 0 Å². The van der Waals surface area contributed by atoms with E-state index in [1.165, 1.54) is 18.4 Å². The number of ether oxygens (including phenoxy) is 2. The molecule has 24 heavy (non-hydrogen) atoms. The molecule has 3 rings (SSSR count). The van der Waals surface area contributed by atoms with Crippen molar-refractivity contribution in [2.45, 2.75) is 51.3 Å². The van der Waals surface area contributed by atoms with Crippen LogP contribution in [-0.2, 0) is 6.54 Å². The summed E-state index contributed by atoms with van der Waals surface area (Å²) in [5.74, 6) is 1.70. The first-order valence-electron chi connectivity index (χ1n) is 9.02. The predicted octanol–water partition coefficient (Wildman–Crippen LogP) is 4.57. The smallest absolute Gasteiger partial charge is 0.161 e. The molecule has 3 heteroatoms. The van der Waals surface area contributed by atoms with Gasteiger partial charge in [-0.25, -0.2) is 0 Å². The molecule has 0 saturated heterocycles. The second-order valence-corrected chi connectivity index (χ2v) is 6.29. The Morgan fingerprint density at radius 3 is 2.42 bits per heavy atom. The van der Waals surface area contributed by atoms with Crippen molar-refractivity contribution in [3.05, 3.63) is 60.2 Å². The first-order valence-corrected chi connectivity index (χ1v) is 9.02. The SMILES string of the molecule is CCOc1ccccc1O[C@H]1CCCC[C@H]1NCc1ccccc1. The van der Waals surface area contributed by atoms with Gasteiger partial charge in [0.15, 0.2) is 11.5 Å².